The van der Waals surface area contributed by atoms with Gasteiger partial charge in [-0.25, -0.2) is 0 Å². The SMILES string of the molecule is c1ccc(P(c2ccccc2)c2cc3ccc2CCc2ccc(cc2P(c2ccccc2)c2ccccc2)CC3)cc1. The summed E-state index contributed by atoms with van der Waals surface area (Å²) >= 11 is 0. The number of benzene rings is 6. The molecular weight excluding hydrogens is 542 g/mol. The van der Waals surface area contributed by atoms with Gasteiger partial charge in [0.05, 0.1) is 0 Å². The maximum atomic E-state index is 2.54. The summed E-state index contributed by atoms with van der Waals surface area (Å²) in [5.41, 5.74) is 5.84. The molecule has 0 saturated carbocycles. The second-order valence-electron chi connectivity index (χ2n) is 10.9. The summed E-state index contributed by atoms with van der Waals surface area (Å²) < 4.78 is 0. The molecule has 4 aliphatic rings. The van der Waals surface area contributed by atoms with Crippen LogP contribution in [-0.4, -0.2) is 0 Å². The minimum atomic E-state index is -0.644. The monoisotopic (exact) mass is 576 g/mol. The van der Waals surface area contributed by atoms with Crippen molar-refractivity contribution < 1.29 is 0 Å². The van der Waals surface area contributed by atoms with Crippen molar-refractivity contribution >= 4 is 47.7 Å². The van der Waals surface area contributed by atoms with Gasteiger partial charge in [0.1, 0.15) is 0 Å². The lowest BCUT2D eigenvalue weighted by atomic mass is 9.96. The Morgan fingerprint density at radius 3 is 0.929 bits per heavy atom. The molecule has 4 bridgehead atoms. The topological polar surface area (TPSA) is 0 Å². The highest BCUT2D eigenvalue weighted by Crippen LogP contribution is 2.37. The lowest BCUT2D eigenvalue weighted by Crippen LogP contribution is -2.26. The van der Waals surface area contributed by atoms with Gasteiger partial charge in [-0.1, -0.05) is 158 Å². The third kappa shape index (κ3) is 5.76. The van der Waals surface area contributed by atoms with Crippen LogP contribution < -0.4 is 31.8 Å². The molecule has 0 spiro atoms. The van der Waals surface area contributed by atoms with Crippen molar-refractivity contribution in [2.24, 2.45) is 0 Å². The van der Waals surface area contributed by atoms with Crippen molar-refractivity contribution in [3.63, 3.8) is 0 Å². The Labute approximate surface area is 252 Å². The molecule has 0 saturated heterocycles. The highest BCUT2D eigenvalue weighted by Gasteiger charge is 2.23. The lowest BCUT2D eigenvalue weighted by molar-refractivity contribution is 0.932. The first-order chi connectivity index (χ1) is 20.8. The first-order valence-electron chi connectivity index (χ1n) is 14.9. The van der Waals surface area contributed by atoms with E-state index in [2.05, 4.69) is 158 Å². The highest BCUT2D eigenvalue weighted by atomic mass is 31.1. The highest BCUT2D eigenvalue weighted by molar-refractivity contribution is 7.80. The molecule has 204 valence electrons. The van der Waals surface area contributed by atoms with E-state index >= 15 is 0 Å². The molecule has 0 radical (unpaired) electrons. The molecule has 6 aromatic rings. The van der Waals surface area contributed by atoms with E-state index in [-0.39, 0.29) is 0 Å². The average Bonchev–Trinajstić information content (AvgIpc) is 3.05. The van der Waals surface area contributed by atoms with E-state index in [1.165, 1.54) is 54.1 Å². The van der Waals surface area contributed by atoms with Gasteiger partial charge in [0.25, 0.3) is 0 Å². The predicted octanol–water partition coefficient (Wildman–Crippen LogP) is 7.09. The van der Waals surface area contributed by atoms with Crippen LogP contribution in [0.15, 0.2) is 158 Å². The van der Waals surface area contributed by atoms with Gasteiger partial charge in [0, 0.05) is 0 Å². The Balaban J connectivity index is 1.34. The minimum Gasteiger partial charge on any atom is -0.0622 e. The molecule has 6 aromatic carbocycles. The summed E-state index contributed by atoms with van der Waals surface area (Å²) in [6.07, 6.45) is 4.17. The molecule has 0 unspecified atom stereocenters. The molecule has 10 rings (SSSR count). The van der Waals surface area contributed by atoms with Crippen LogP contribution in [0.4, 0.5) is 0 Å². The first kappa shape index (κ1) is 27.0. The second-order valence-corrected chi connectivity index (χ2v) is 15.3. The lowest BCUT2D eigenvalue weighted by Gasteiger charge is -2.26. The Morgan fingerprint density at radius 1 is 0.310 bits per heavy atom. The van der Waals surface area contributed by atoms with Crippen LogP contribution in [0.2, 0.25) is 0 Å². The molecule has 4 aliphatic carbocycles. The van der Waals surface area contributed by atoms with E-state index in [0.717, 1.165) is 25.7 Å². The third-order valence-electron chi connectivity index (χ3n) is 8.20. The molecule has 2 heteroatoms. The zero-order valence-corrected chi connectivity index (χ0v) is 25.5. The van der Waals surface area contributed by atoms with Gasteiger partial charge in [-0.2, -0.15) is 0 Å². The normalized spacial score (nSPS) is 12.8. The second kappa shape index (κ2) is 12.6. The average molecular weight is 577 g/mol. The summed E-state index contributed by atoms with van der Waals surface area (Å²) in [4.78, 5) is 0. The quantitative estimate of drug-likeness (QED) is 0.186. The third-order valence-corrected chi connectivity index (χ3v) is 13.3. The standard InChI is InChI=1S/C40H34P2/c1-5-13-35(14-6-1)41(36-15-7-2-8-16-36)39-29-31-21-22-32-24-26-34(28-27-33(39)25-23-31)40(30-32)42(37-17-9-3-10-18-37)38-19-11-4-12-20-38/h1-20,23-26,29-30H,21-22,27-28H2. The molecule has 0 nitrogen and oxygen atoms in total. The summed E-state index contributed by atoms with van der Waals surface area (Å²) in [7, 11) is -1.29. The van der Waals surface area contributed by atoms with Crippen molar-refractivity contribution in [1.82, 2.24) is 0 Å². The minimum absolute atomic E-state index is 0.644. The number of hydrogen-bond acceptors (Lipinski definition) is 0. The molecule has 0 amide bonds. The van der Waals surface area contributed by atoms with E-state index in [1.807, 2.05) is 0 Å². The summed E-state index contributed by atoms with van der Waals surface area (Å²) in [5.74, 6) is 0. The van der Waals surface area contributed by atoms with Crippen LogP contribution in [-0.2, 0) is 25.7 Å². The van der Waals surface area contributed by atoms with Crippen LogP contribution in [0.5, 0.6) is 0 Å². The molecule has 0 N–H and O–H groups in total. The van der Waals surface area contributed by atoms with E-state index in [9.17, 15) is 0 Å². The maximum Gasteiger partial charge on any atom is -0.0116 e. The maximum absolute atomic E-state index is 2.54. The van der Waals surface area contributed by atoms with Crippen LogP contribution in [0.25, 0.3) is 0 Å². The Hall–Kier alpha value is -3.82. The van der Waals surface area contributed by atoms with Crippen LogP contribution in [0.3, 0.4) is 0 Å². The van der Waals surface area contributed by atoms with Gasteiger partial charge in [-0.3, -0.25) is 0 Å². The smallest absolute Gasteiger partial charge is 0.0116 e. The Bertz CT molecular complexity index is 1550. The van der Waals surface area contributed by atoms with Gasteiger partial charge in [0.2, 0.25) is 0 Å². The molecule has 42 heavy (non-hydrogen) atoms. The van der Waals surface area contributed by atoms with E-state index in [4.69, 9.17) is 0 Å². The van der Waals surface area contributed by atoms with Gasteiger partial charge >= 0.3 is 0 Å². The molecule has 0 fully saturated rings. The van der Waals surface area contributed by atoms with E-state index < -0.39 is 15.8 Å². The molecule has 0 heterocycles. The van der Waals surface area contributed by atoms with Crippen LogP contribution in [0, 0.1) is 0 Å². The first-order valence-corrected chi connectivity index (χ1v) is 17.6. The van der Waals surface area contributed by atoms with Crippen molar-refractivity contribution in [2.75, 3.05) is 0 Å². The summed E-state index contributed by atoms with van der Waals surface area (Å²) in [6, 6.07) is 59.4. The number of aryl methyl sites for hydroxylation is 4. The van der Waals surface area contributed by atoms with Crippen molar-refractivity contribution in [1.29, 1.82) is 0 Å². The number of hydrogen-bond donors (Lipinski definition) is 0. The van der Waals surface area contributed by atoms with E-state index in [1.54, 1.807) is 0 Å². The van der Waals surface area contributed by atoms with Gasteiger partial charge in [-0.05, 0) is 95.6 Å². The van der Waals surface area contributed by atoms with E-state index in [0.29, 0.717) is 0 Å². The van der Waals surface area contributed by atoms with Gasteiger partial charge in [-0.15, -0.1) is 0 Å². The zero-order chi connectivity index (χ0) is 28.1. The fourth-order valence-corrected chi connectivity index (χ4v) is 11.2. The summed E-state index contributed by atoms with van der Waals surface area (Å²) in [6.45, 7) is 0. The molecular formula is C40H34P2. The Kier molecular flexibility index (Phi) is 8.10. The van der Waals surface area contributed by atoms with Gasteiger partial charge in [0.15, 0.2) is 0 Å². The molecule has 0 atom stereocenters. The Morgan fingerprint density at radius 2 is 0.619 bits per heavy atom. The van der Waals surface area contributed by atoms with Crippen molar-refractivity contribution in [2.45, 2.75) is 25.7 Å². The van der Waals surface area contributed by atoms with Crippen molar-refractivity contribution in [3.8, 4) is 0 Å². The van der Waals surface area contributed by atoms with Crippen LogP contribution in [0.1, 0.15) is 22.3 Å². The van der Waals surface area contributed by atoms with Crippen molar-refractivity contribution in [3.05, 3.63) is 180 Å². The fraction of sp³-hybridized carbons (Fsp3) is 0.100. The summed E-state index contributed by atoms with van der Waals surface area (Å²) in [5, 5.41) is 8.72. The largest absolute Gasteiger partial charge is 0.0622 e. The fourth-order valence-electron chi connectivity index (χ4n) is 6.09. The zero-order valence-electron chi connectivity index (χ0n) is 23.7. The predicted molar refractivity (Wildman–Crippen MR) is 185 cm³/mol. The number of rotatable bonds is 6. The molecule has 0 aliphatic heterocycles. The van der Waals surface area contributed by atoms with Gasteiger partial charge < -0.3 is 0 Å². The molecule has 0 aromatic heterocycles. The van der Waals surface area contributed by atoms with Crippen LogP contribution >= 0.6 is 15.8 Å².